The lowest BCUT2D eigenvalue weighted by Gasteiger charge is -2.27. The second-order valence-corrected chi connectivity index (χ2v) is 4.16. The maximum atomic E-state index is 13.1. The van der Waals surface area contributed by atoms with Crippen molar-refractivity contribution < 1.29 is 23.8 Å². The highest BCUT2D eigenvalue weighted by Crippen LogP contribution is 2.17. The number of morpholine rings is 1. The summed E-state index contributed by atoms with van der Waals surface area (Å²) in [5, 5.41) is 12.9. The number of nitrogens with zero attached hydrogens (tertiary/aromatic N) is 1. The summed E-state index contributed by atoms with van der Waals surface area (Å²) in [6.07, 6.45) is 0. The van der Waals surface area contributed by atoms with Gasteiger partial charge < -0.3 is 15.2 Å². The topological polar surface area (TPSA) is 90.9 Å². The zero-order valence-electron chi connectivity index (χ0n) is 10.6. The van der Waals surface area contributed by atoms with Crippen LogP contribution in [0.2, 0.25) is 0 Å². The smallest absolute Gasteiger partial charge is 0.337 e. The molecule has 0 saturated carbocycles. The molecule has 0 unspecified atom stereocenters. The average molecular weight is 283 g/mol. The highest BCUT2D eigenvalue weighted by molar-refractivity contribution is 5.99. The van der Waals surface area contributed by atoms with E-state index < -0.39 is 17.8 Å². The van der Waals surface area contributed by atoms with Gasteiger partial charge in [-0.1, -0.05) is 0 Å². The molecule has 1 aliphatic rings. The van der Waals surface area contributed by atoms with Gasteiger partial charge in [0.2, 0.25) is 0 Å². The summed E-state index contributed by atoms with van der Waals surface area (Å²) < 4.78 is 18.3. The minimum atomic E-state index is -1.24. The van der Waals surface area contributed by atoms with Gasteiger partial charge in [-0.15, -0.1) is 0 Å². The van der Waals surface area contributed by atoms with Crippen molar-refractivity contribution in [2.45, 2.75) is 0 Å². The molecule has 0 atom stereocenters. The Morgan fingerprint density at radius 3 is 2.65 bits per heavy atom. The SMILES string of the molecule is O=C(Nc1cc(F)ccc1C(=O)O)NN1CCOCC1. The van der Waals surface area contributed by atoms with Crippen molar-refractivity contribution in [3.8, 4) is 0 Å². The van der Waals surface area contributed by atoms with E-state index in [1.165, 1.54) is 0 Å². The number of carbonyl (C=O) groups excluding carboxylic acids is 1. The number of anilines is 1. The molecule has 2 amide bonds. The van der Waals surface area contributed by atoms with Crippen molar-refractivity contribution >= 4 is 17.7 Å². The first-order valence-electron chi connectivity index (χ1n) is 5.99. The molecule has 108 valence electrons. The number of hydrazine groups is 1. The number of benzene rings is 1. The van der Waals surface area contributed by atoms with Gasteiger partial charge in [0.1, 0.15) is 5.82 Å². The predicted molar refractivity (Wildman–Crippen MR) is 67.9 cm³/mol. The fourth-order valence-corrected chi connectivity index (χ4v) is 1.78. The van der Waals surface area contributed by atoms with E-state index in [2.05, 4.69) is 10.7 Å². The highest BCUT2D eigenvalue weighted by Gasteiger charge is 2.16. The number of halogens is 1. The number of carboxylic acid groups (broad SMARTS) is 1. The molecule has 1 aliphatic heterocycles. The van der Waals surface area contributed by atoms with Crippen LogP contribution >= 0.6 is 0 Å². The second kappa shape index (κ2) is 6.31. The van der Waals surface area contributed by atoms with Crippen molar-refractivity contribution in [2.75, 3.05) is 31.6 Å². The molecule has 1 fully saturated rings. The van der Waals surface area contributed by atoms with E-state index in [9.17, 15) is 14.0 Å². The Morgan fingerprint density at radius 2 is 2.00 bits per heavy atom. The van der Waals surface area contributed by atoms with E-state index >= 15 is 0 Å². The Kier molecular flexibility index (Phi) is 4.49. The monoisotopic (exact) mass is 283 g/mol. The molecule has 0 radical (unpaired) electrons. The van der Waals surface area contributed by atoms with Crippen molar-refractivity contribution in [3.63, 3.8) is 0 Å². The molecule has 0 aliphatic carbocycles. The molecule has 7 nitrogen and oxygen atoms in total. The summed E-state index contributed by atoms with van der Waals surface area (Å²) >= 11 is 0. The number of carbonyl (C=O) groups is 2. The number of nitrogens with one attached hydrogen (secondary N) is 2. The Balaban J connectivity index is 2.03. The van der Waals surface area contributed by atoms with Crippen molar-refractivity contribution in [1.82, 2.24) is 10.4 Å². The van der Waals surface area contributed by atoms with Crippen LogP contribution in [0.1, 0.15) is 10.4 Å². The number of urea groups is 1. The highest BCUT2D eigenvalue weighted by atomic mass is 19.1. The van der Waals surface area contributed by atoms with Gasteiger partial charge in [-0.25, -0.2) is 19.0 Å². The Bertz CT molecular complexity index is 517. The molecular formula is C12H14FN3O4. The minimum Gasteiger partial charge on any atom is -0.478 e. The average Bonchev–Trinajstić information content (AvgIpc) is 2.39. The van der Waals surface area contributed by atoms with Gasteiger partial charge in [0.25, 0.3) is 0 Å². The summed E-state index contributed by atoms with van der Waals surface area (Å²) in [5.41, 5.74) is 2.27. The van der Waals surface area contributed by atoms with Crippen LogP contribution in [0.15, 0.2) is 18.2 Å². The Morgan fingerprint density at radius 1 is 1.30 bits per heavy atom. The number of hydrogen-bond acceptors (Lipinski definition) is 4. The molecular weight excluding hydrogens is 269 g/mol. The molecule has 0 spiro atoms. The van der Waals surface area contributed by atoms with E-state index in [4.69, 9.17) is 9.84 Å². The van der Waals surface area contributed by atoms with Gasteiger partial charge in [-0.2, -0.15) is 0 Å². The van der Waals surface area contributed by atoms with Gasteiger partial charge in [-0.3, -0.25) is 5.43 Å². The Labute approximate surface area is 114 Å². The van der Waals surface area contributed by atoms with Crippen LogP contribution in [0.25, 0.3) is 0 Å². The third-order valence-electron chi connectivity index (χ3n) is 2.73. The van der Waals surface area contributed by atoms with Gasteiger partial charge >= 0.3 is 12.0 Å². The zero-order chi connectivity index (χ0) is 14.5. The molecule has 1 aromatic carbocycles. The summed E-state index contributed by atoms with van der Waals surface area (Å²) in [6, 6.07) is 2.46. The summed E-state index contributed by atoms with van der Waals surface area (Å²) in [7, 11) is 0. The van der Waals surface area contributed by atoms with Crippen LogP contribution < -0.4 is 10.7 Å². The number of ether oxygens (including phenoxy) is 1. The zero-order valence-corrected chi connectivity index (χ0v) is 10.6. The van der Waals surface area contributed by atoms with E-state index in [0.717, 1.165) is 18.2 Å². The molecule has 1 aromatic rings. The van der Waals surface area contributed by atoms with Gasteiger partial charge in [-0.05, 0) is 18.2 Å². The number of aromatic carboxylic acids is 1. The maximum Gasteiger partial charge on any atom is 0.337 e. The summed E-state index contributed by atoms with van der Waals surface area (Å²) in [5.74, 6) is -1.87. The Hall–Kier alpha value is -2.19. The summed E-state index contributed by atoms with van der Waals surface area (Å²) in [4.78, 5) is 22.7. The lowest BCUT2D eigenvalue weighted by atomic mass is 10.2. The van der Waals surface area contributed by atoms with Gasteiger partial charge in [0.05, 0.1) is 24.5 Å². The minimum absolute atomic E-state index is 0.0942. The quantitative estimate of drug-likeness (QED) is 0.766. The number of rotatable bonds is 3. The maximum absolute atomic E-state index is 13.1. The standard InChI is InChI=1S/C12H14FN3O4/c13-8-1-2-9(11(17)18)10(7-8)14-12(19)15-16-3-5-20-6-4-16/h1-2,7H,3-6H2,(H,17,18)(H2,14,15,19). The third kappa shape index (κ3) is 3.65. The fourth-order valence-electron chi connectivity index (χ4n) is 1.78. The van der Waals surface area contributed by atoms with Crippen LogP contribution in [0.3, 0.4) is 0 Å². The van der Waals surface area contributed by atoms with E-state index in [-0.39, 0.29) is 11.3 Å². The van der Waals surface area contributed by atoms with Crippen LogP contribution in [0.4, 0.5) is 14.9 Å². The molecule has 0 bridgehead atoms. The number of carboxylic acids is 1. The number of hydrogen-bond donors (Lipinski definition) is 3. The first-order valence-corrected chi connectivity index (χ1v) is 5.99. The normalized spacial score (nSPS) is 15.7. The van der Waals surface area contributed by atoms with Crippen molar-refractivity contribution in [3.05, 3.63) is 29.6 Å². The second-order valence-electron chi connectivity index (χ2n) is 4.16. The molecule has 1 heterocycles. The van der Waals surface area contributed by atoms with Crippen molar-refractivity contribution in [1.29, 1.82) is 0 Å². The van der Waals surface area contributed by atoms with Gasteiger partial charge in [0.15, 0.2) is 0 Å². The fraction of sp³-hybridized carbons (Fsp3) is 0.333. The van der Waals surface area contributed by atoms with Crippen LogP contribution in [0, 0.1) is 5.82 Å². The molecule has 1 saturated heterocycles. The molecule has 8 heteroatoms. The van der Waals surface area contributed by atoms with E-state index in [1.54, 1.807) is 5.01 Å². The molecule has 20 heavy (non-hydrogen) atoms. The lowest BCUT2D eigenvalue weighted by Crippen LogP contribution is -2.49. The van der Waals surface area contributed by atoms with Crippen LogP contribution in [-0.2, 0) is 4.74 Å². The lowest BCUT2D eigenvalue weighted by molar-refractivity contribution is 0.0207. The molecule has 0 aromatic heterocycles. The third-order valence-corrected chi connectivity index (χ3v) is 2.73. The molecule has 2 rings (SSSR count). The van der Waals surface area contributed by atoms with E-state index in [1.807, 2.05) is 0 Å². The first-order chi connectivity index (χ1) is 9.56. The van der Waals surface area contributed by atoms with Crippen LogP contribution in [-0.4, -0.2) is 48.4 Å². The van der Waals surface area contributed by atoms with Crippen molar-refractivity contribution in [2.24, 2.45) is 0 Å². The molecule has 3 N–H and O–H groups in total. The number of amides is 2. The van der Waals surface area contributed by atoms with E-state index in [0.29, 0.717) is 26.3 Å². The van der Waals surface area contributed by atoms with Crippen LogP contribution in [0.5, 0.6) is 0 Å². The summed E-state index contributed by atoms with van der Waals surface area (Å²) in [6.45, 7) is 2.06. The predicted octanol–water partition coefficient (Wildman–Crippen LogP) is 0.893. The first kappa shape index (κ1) is 14.2. The van der Waals surface area contributed by atoms with Gasteiger partial charge in [0, 0.05) is 13.1 Å². The largest absolute Gasteiger partial charge is 0.478 e.